The first-order valence-electron chi connectivity index (χ1n) is 11.7. The summed E-state index contributed by atoms with van der Waals surface area (Å²) >= 11 is 0. The van der Waals surface area contributed by atoms with Gasteiger partial charge in [-0.2, -0.15) is 0 Å². The molecule has 186 valence electrons. The van der Waals surface area contributed by atoms with Crippen LogP contribution in [0.3, 0.4) is 0 Å². The molecule has 1 fully saturated rings. The zero-order valence-electron chi connectivity index (χ0n) is 20.5. The van der Waals surface area contributed by atoms with Gasteiger partial charge in [0, 0.05) is 35.3 Å². The van der Waals surface area contributed by atoms with E-state index in [4.69, 9.17) is 4.74 Å². The molecule has 1 unspecified atom stereocenters. The maximum atomic E-state index is 13.1. The van der Waals surface area contributed by atoms with Crippen LogP contribution in [0, 0.1) is 17.2 Å². The lowest BCUT2D eigenvalue weighted by molar-refractivity contribution is -0.152. The monoisotopic (exact) mass is 482 g/mol. The predicted molar refractivity (Wildman–Crippen MR) is 129 cm³/mol. The minimum atomic E-state index is -0.962. The SMILES string of the molecule is CC(OC(=O)C1CCN(C(=O)c2ccc(F)cc2)CC1)C(=O)c1ccc(NC(=O)C(C)(C)C)cc1. The highest BCUT2D eigenvalue weighted by Crippen LogP contribution is 2.22. The number of rotatable bonds is 6. The fraction of sp³-hybridized carbons (Fsp3) is 0.407. The molecule has 0 aliphatic carbocycles. The van der Waals surface area contributed by atoms with E-state index in [2.05, 4.69) is 5.32 Å². The number of likely N-dealkylation sites (tertiary alicyclic amines) is 1. The van der Waals surface area contributed by atoms with Crippen molar-refractivity contribution in [3.8, 4) is 0 Å². The Morgan fingerprint density at radius 1 is 0.943 bits per heavy atom. The molecule has 0 aromatic heterocycles. The van der Waals surface area contributed by atoms with Crippen molar-refractivity contribution in [2.45, 2.75) is 46.6 Å². The Balaban J connectivity index is 1.50. The van der Waals surface area contributed by atoms with Gasteiger partial charge in [0.1, 0.15) is 5.82 Å². The number of halogens is 1. The van der Waals surface area contributed by atoms with Gasteiger partial charge in [-0.25, -0.2) is 4.39 Å². The molecule has 0 radical (unpaired) electrons. The average molecular weight is 483 g/mol. The Morgan fingerprint density at radius 3 is 2.03 bits per heavy atom. The highest BCUT2D eigenvalue weighted by atomic mass is 19.1. The third-order valence-electron chi connectivity index (χ3n) is 5.98. The molecule has 1 aliphatic heterocycles. The number of amides is 2. The topological polar surface area (TPSA) is 92.8 Å². The number of Topliss-reactive ketones (excluding diaryl/α,β-unsaturated/α-hetero) is 1. The molecule has 1 N–H and O–H groups in total. The second kappa shape index (κ2) is 10.8. The summed E-state index contributed by atoms with van der Waals surface area (Å²) in [7, 11) is 0. The highest BCUT2D eigenvalue weighted by molar-refractivity contribution is 6.01. The summed E-state index contributed by atoms with van der Waals surface area (Å²) in [5.41, 5.74) is 0.809. The van der Waals surface area contributed by atoms with Gasteiger partial charge in [0.25, 0.3) is 5.91 Å². The van der Waals surface area contributed by atoms with Crippen LogP contribution in [0.4, 0.5) is 10.1 Å². The maximum absolute atomic E-state index is 13.1. The standard InChI is InChI=1S/C27H31FN2O5/c1-17(23(31)18-7-11-22(12-8-18)29-26(34)27(2,3)4)35-25(33)20-13-15-30(16-14-20)24(32)19-5-9-21(28)10-6-19/h5-12,17,20H,13-16H2,1-4H3,(H,29,34). The van der Waals surface area contributed by atoms with Crippen molar-refractivity contribution in [3.05, 3.63) is 65.5 Å². The van der Waals surface area contributed by atoms with Gasteiger partial charge in [-0.15, -0.1) is 0 Å². The van der Waals surface area contributed by atoms with Crippen LogP contribution >= 0.6 is 0 Å². The van der Waals surface area contributed by atoms with Gasteiger partial charge in [-0.3, -0.25) is 19.2 Å². The molecule has 0 saturated carbocycles. The number of hydrogen-bond donors (Lipinski definition) is 1. The summed E-state index contributed by atoms with van der Waals surface area (Å²) in [5, 5.41) is 2.80. The number of hydrogen-bond acceptors (Lipinski definition) is 5. The fourth-order valence-electron chi connectivity index (χ4n) is 3.69. The summed E-state index contributed by atoms with van der Waals surface area (Å²) in [4.78, 5) is 51.7. The quantitative estimate of drug-likeness (QED) is 0.484. The minimum Gasteiger partial charge on any atom is -0.454 e. The molecule has 1 saturated heterocycles. The molecular formula is C27H31FN2O5. The normalized spacial score (nSPS) is 15.3. The molecule has 2 amide bonds. The number of benzene rings is 2. The lowest BCUT2D eigenvalue weighted by atomic mass is 9.95. The number of ether oxygens (including phenoxy) is 1. The van der Waals surface area contributed by atoms with Gasteiger partial charge in [-0.05, 0) is 68.3 Å². The lowest BCUT2D eigenvalue weighted by Crippen LogP contribution is -2.41. The van der Waals surface area contributed by atoms with Gasteiger partial charge in [-0.1, -0.05) is 20.8 Å². The Labute approximate surface area is 204 Å². The molecule has 1 aliphatic rings. The number of esters is 1. The molecule has 7 nitrogen and oxygen atoms in total. The molecule has 1 atom stereocenters. The van der Waals surface area contributed by atoms with Crippen LogP contribution in [-0.4, -0.2) is 47.7 Å². The van der Waals surface area contributed by atoms with Crippen molar-refractivity contribution in [1.82, 2.24) is 4.90 Å². The van der Waals surface area contributed by atoms with Crippen molar-refractivity contribution >= 4 is 29.3 Å². The van der Waals surface area contributed by atoms with Crippen LogP contribution in [0.1, 0.15) is 61.3 Å². The van der Waals surface area contributed by atoms with Crippen LogP contribution in [-0.2, 0) is 14.3 Å². The van der Waals surface area contributed by atoms with Gasteiger partial charge in [0.15, 0.2) is 6.10 Å². The van der Waals surface area contributed by atoms with Gasteiger partial charge < -0.3 is 15.0 Å². The number of nitrogens with one attached hydrogen (secondary N) is 1. The summed E-state index contributed by atoms with van der Waals surface area (Å²) in [5.74, 6) is -1.95. The van der Waals surface area contributed by atoms with Crippen molar-refractivity contribution in [2.75, 3.05) is 18.4 Å². The molecule has 2 aromatic carbocycles. The number of carbonyl (C=O) groups is 4. The van der Waals surface area contributed by atoms with E-state index in [0.29, 0.717) is 42.7 Å². The van der Waals surface area contributed by atoms with E-state index in [1.807, 2.05) is 20.8 Å². The smallest absolute Gasteiger partial charge is 0.309 e. The van der Waals surface area contributed by atoms with Gasteiger partial charge in [0.2, 0.25) is 11.7 Å². The summed E-state index contributed by atoms with van der Waals surface area (Å²) in [6, 6.07) is 11.8. The highest BCUT2D eigenvalue weighted by Gasteiger charge is 2.31. The molecule has 8 heteroatoms. The largest absolute Gasteiger partial charge is 0.454 e. The van der Waals surface area contributed by atoms with Crippen LogP contribution in [0.2, 0.25) is 0 Å². The van der Waals surface area contributed by atoms with Crippen LogP contribution < -0.4 is 5.32 Å². The minimum absolute atomic E-state index is 0.135. The molecule has 35 heavy (non-hydrogen) atoms. The summed E-state index contributed by atoms with van der Waals surface area (Å²) < 4.78 is 18.5. The number of ketones is 1. The van der Waals surface area contributed by atoms with Gasteiger partial charge >= 0.3 is 5.97 Å². The van der Waals surface area contributed by atoms with E-state index in [1.165, 1.54) is 31.2 Å². The third kappa shape index (κ3) is 6.74. The zero-order valence-corrected chi connectivity index (χ0v) is 20.5. The van der Waals surface area contributed by atoms with Crippen molar-refractivity contribution in [3.63, 3.8) is 0 Å². The molecule has 1 heterocycles. The summed E-state index contributed by atoms with van der Waals surface area (Å²) in [6.07, 6.45) is -0.111. The molecule has 3 rings (SSSR count). The molecular weight excluding hydrogens is 451 g/mol. The van der Waals surface area contributed by atoms with E-state index in [0.717, 1.165) is 0 Å². The van der Waals surface area contributed by atoms with E-state index in [-0.39, 0.29) is 17.6 Å². The number of nitrogens with zero attached hydrogens (tertiary/aromatic N) is 1. The van der Waals surface area contributed by atoms with Crippen LogP contribution in [0.5, 0.6) is 0 Å². The number of anilines is 1. The van der Waals surface area contributed by atoms with Crippen LogP contribution in [0.25, 0.3) is 0 Å². The first-order chi connectivity index (χ1) is 16.5. The first-order valence-corrected chi connectivity index (χ1v) is 11.7. The van der Waals surface area contributed by atoms with Gasteiger partial charge in [0.05, 0.1) is 5.92 Å². The Morgan fingerprint density at radius 2 is 1.49 bits per heavy atom. The van der Waals surface area contributed by atoms with E-state index >= 15 is 0 Å². The van der Waals surface area contributed by atoms with Crippen molar-refractivity contribution in [2.24, 2.45) is 11.3 Å². The lowest BCUT2D eigenvalue weighted by Gasteiger charge is -2.31. The van der Waals surface area contributed by atoms with Crippen LogP contribution in [0.15, 0.2) is 48.5 Å². The number of piperidine rings is 1. The van der Waals surface area contributed by atoms with Crippen molar-refractivity contribution < 1.29 is 28.3 Å². The first kappa shape index (κ1) is 26.1. The van der Waals surface area contributed by atoms with E-state index in [1.54, 1.807) is 29.2 Å². The average Bonchev–Trinajstić information content (AvgIpc) is 2.83. The molecule has 0 spiro atoms. The van der Waals surface area contributed by atoms with E-state index in [9.17, 15) is 23.6 Å². The second-order valence-electron chi connectivity index (χ2n) is 9.80. The Bertz CT molecular complexity index is 1080. The third-order valence-corrected chi connectivity index (χ3v) is 5.98. The molecule has 2 aromatic rings. The zero-order chi connectivity index (χ0) is 25.8. The second-order valence-corrected chi connectivity index (χ2v) is 9.80. The van der Waals surface area contributed by atoms with Crippen molar-refractivity contribution in [1.29, 1.82) is 0 Å². The van der Waals surface area contributed by atoms with E-state index < -0.39 is 29.2 Å². The summed E-state index contributed by atoms with van der Waals surface area (Å²) in [6.45, 7) is 7.71. The Kier molecular flexibility index (Phi) is 8.04. The number of carbonyl (C=O) groups excluding carboxylic acids is 4. The maximum Gasteiger partial charge on any atom is 0.309 e. The molecule has 0 bridgehead atoms. The fourth-order valence-corrected chi connectivity index (χ4v) is 3.69. The predicted octanol–water partition coefficient (Wildman–Crippen LogP) is 4.48. The Hall–Kier alpha value is -3.55.